The van der Waals surface area contributed by atoms with E-state index < -0.39 is 0 Å². The summed E-state index contributed by atoms with van der Waals surface area (Å²) in [6.45, 7) is 7.01. The van der Waals surface area contributed by atoms with Gasteiger partial charge in [0.15, 0.2) is 0 Å². The van der Waals surface area contributed by atoms with Crippen molar-refractivity contribution in [3.8, 4) is 5.75 Å². The summed E-state index contributed by atoms with van der Waals surface area (Å²) in [4.78, 5) is 4.72. The van der Waals surface area contributed by atoms with Crippen LogP contribution in [0.4, 0.5) is 5.69 Å². The number of fused-ring (bicyclic) bond motifs is 1. The van der Waals surface area contributed by atoms with Gasteiger partial charge in [-0.3, -0.25) is 5.84 Å². The molecular formula is C15H21N3O. The van der Waals surface area contributed by atoms with Crippen molar-refractivity contribution in [3.63, 3.8) is 0 Å². The lowest BCUT2D eigenvalue weighted by molar-refractivity contribution is 0.320. The highest BCUT2D eigenvalue weighted by Gasteiger charge is 2.11. The molecule has 0 aliphatic rings. The quantitative estimate of drug-likeness (QED) is 0.638. The molecule has 0 radical (unpaired) electrons. The predicted octanol–water partition coefficient (Wildman–Crippen LogP) is 3.43. The number of benzene rings is 1. The van der Waals surface area contributed by atoms with Gasteiger partial charge in [0.1, 0.15) is 11.3 Å². The van der Waals surface area contributed by atoms with Crippen LogP contribution in [0.3, 0.4) is 0 Å². The molecule has 1 aromatic carbocycles. The summed E-state index contributed by atoms with van der Waals surface area (Å²) in [5, 5.41) is 0.987. The maximum atomic E-state index is 5.77. The largest absolute Gasteiger partial charge is 0.491 e. The number of aromatic nitrogens is 1. The second-order valence-corrected chi connectivity index (χ2v) is 4.89. The number of nitrogens with one attached hydrogen (secondary N) is 1. The summed E-state index contributed by atoms with van der Waals surface area (Å²) in [6, 6.07) is 7.91. The minimum Gasteiger partial charge on any atom is -0.491 e. The first-order chi connectivity index (χ1) is 9.17. The molecule has 102 valence electrons. The molecular weight excluding hydrogens is 238 g/mol. The van der Waals surface area contributed by atoms with Crippen molar-refractivity contribution in [2.75, 3.05) is 12.0 Å². The van der Waals surface area contributed by atoms with Crippen LogP contribution in [-0.4, -0.2) is 11.6 Å². The monoisotopic (exact) mass is 259 g/mol. The van der Waals surface area contributed by atoms with Crippen molar-refractivity contribution in [1.29, 1.82) is 0 Å². The standard InChI is InChI=1S/C15H21N3O/c1-4-8-19-14-7-5-6-11-13(18-16)9-12(10(2)3)17-15(11)14/h5-7,9-10H,4,8,16H2,1-3H3,(H,17,18). The molecule has 0 spiro atoms. The zero-order valence-corrected chi connectivity index (χ0v) is 11.7. The third-order valence-corrected chi connectivity index (χ3v) is 3.03. The van der Waals surface area contributed by atoms with E-state index in [9.17, 15) is 0 Å². The van der Waals surface area contributed by atoms with Crippen LogP contribution < -0.4 is 16.0 Å². The molecule has 0 aliphatic heterocycles. The van der Waals surface area contributed by atoms with Gasteiger partial charge < -0.3 is 10.2 Å². The van der Waals surface area contributed by atoms with E-state index in [4.69, 9.17) is 15.6 Å². The highest BCUT2D eigenvalue weighted by molar-refractivity contribution is 5.95. The van der Waals surface area contributed by atoms with E-state index in [-0.39, 0.29) is 0 Å². The molecule has 4 nitrogen and oxygen atoms in total. The number of hydrazine groups is 1. The second kappa shape index (κ2) is 5.89. The zero-order valence-electron chi connectivity index (χ0n) is 11.7. The summed E-state index contributed by atoms with van der Waals surface area (Å²) in [5.74, 6) is 6.78. The number of anilines is 1. The normalized spacial score (nSPS) is 11.0. The van der Waals surface area contributed by atoms with Crippen LogP contribution in [-0.2, 0) is 0 Å². The highest BCUT2D eigenvalue weighted by Crippen LogP contribution is 2.31. The molecule has 1 heterocycles. The molecule has 19 heavy (non-hydrogen) atoms. The molecule has 0 unspecified atom stereocenters. The maximum Gasteiger partial charge on any atom is 0.145 e. The Hall–Kier alpha value is -1.81. The van der Waals surface area contributed by atoms with Gasteiger partial charge in [-0.05, 0) is 24.5 Å². The minimum absolute atomic E-state index is 0.343. The fraction of sp³-hybridized carbons (Fsp3) is 0.400. The Morgan fingerprint density at radius 2 is 2.16 bits per heavy atom. The number of nitrogens with zero attached hydrogens (tertiary/aromatic N) is 1. The Bertz CT molecular complexity index is 567. The number of pyridine rings is 1. The first kappa shape index (κ1) is 13.6. The average Bonchev–Trinajstić information content (AvgIpc) is 2.43. The molecule has 2 aromatic rings. The first-order valence-electron chi connectivity index (χ1n) is 6.70. The maximum absolute atomic E-state index is 5.77. The van der Waals surface area contributed by atoms with Crippen molar-refractivity contribution in [2.45, 2.75) is 33.1 Å². The Morgan fingerprint density at radius 3 is 2.79 bits per heavy atom. The highest BCUT2D eigenvalue weighted by atomic mass is 16.5. The lowest BCUT2D eigenvalue weighted by atomic mass is 10.1. The number of hydrogen-bond acceptors (Lipinski definition) is 4. The van der Waals surface area contributed by atoms with Gasteiger partial charge in [0.2, 0.25) is 0 Å². The van der Waals surface area contributed by atoms with Gasteiger partial charge in [0.25, 0.3) is 0 Å². The van der Waals surface area contributed by atoms with Crippen molar-refractivity contribution in [1.82, 2.24) is 4.98 Å². The van der Waals surface area contributed by atoms with Crippen molar-refractivity contribution < 1.29 is 4.74 Å². The van der Waals surface area contributed by atoms with E-state index in [1.807, 2.05) is 24.3 Å². The summed E-state index contributed by atoms with van der Waals surface area (Å²) < 4.78 is 5.77. The van der Waals surface area contributed by atoms with Crippen LogP contribution in [0.15, 0.2) is 24.3 Å². The Balaban J connectivity index is 2.61. The van der Waals surface area contributed by atoms with Gasteiger partial charge in [-0.1, -0.05) is 32.9 Å². The van der Waals surface area contributed by atoms with Crippen molar-refractivity contribution in [2.24, 2.45) is 5.84 Å². The molecule has 3 N–H and O–H groups in total. The molecule has 0 atom stereocenters. The number of ether oxygens (including phenoxy) is 1. The second-order valence-electron chi connectivity index (χ2n) is 4.89. The van der Waals surface area contributed by atoms with Crippen molar-refractivity contribution >= 4 is 16.6 Å². The summed E-state index contributed by atoms with van der Waals surface area (Å²) in [6.07, 6.45) is 0.974. The zero-order chi connectivity index (χ0) is 13.8. The Kier molecular flexibility index (Phi) is 4.22. The molecule has 4 heteroatoms. The predicted molar refractivity (Wildman–Crippen MR) is 79.4 cm³/mol. The lowest BCUT2D eigenvalue weighted by Crippen LogP contribution is -2.09. The summed E-state index contributed by atoms with van der Waals surface area (Å²) in [7, 11) is 0. The van der Waals surface area contributed by atoms with Gasteiger partial charge in [-0.25, -0.2) is 4.98 Å². The van der Waals surface area contributed by atoms with E-state index in [1.54, 1.807) is 0 Å². The number of rotatable bonds is 5. The topological polar surface area (TPSA) is 60.2 Å². The van der Waals surface area contributed by atoms with Gasteiger partial charge in [0.05, 0.1) is 12.3 Å². The van der Waals surface area contributed by atoms with E-state index in [1.165, 1.54) is 0 Å². The van der Waals surface area contributed by atoms with Gasteiger partial charge in [0, 0.05) is 11.1 Å². The summed E-state index contributed by atoms with van der Waals surface area (Å²) in [5.41, 5.74) is 5.52. The molecule has 0 saturated heterocycles. The molecule has 1 aromatic heterocycles. The van der Waals surface area contributed by atoms with Crippen LogP contribution >= 0.6 is 0 Å². The number of nitrogens with two attached hydrogens (primary N) is 1. The molecule has 0 amide bonds. The Labute approximate surface area is 113 Å². The van der Waals surface area contributed by atoms with Crippen LogP contribution in [0.2, 0.25) is 0 Å². The fourth-order valence-corrected chi connectivity index (χ4v) is 1.99. The number of nitrogen functional groups attached to an aromatic ring is 1. The minimum atomic E-state index is 0.343. The third kappa shape index (κ3) is 2.79. The number of hydrogen-bond donors (Lipinski definition) is 2. The number of para-hydroxylation sites is 1. The van der Waals surface area contributed by atoms with Crippen molar-refractivity contribution in [3.05, 3.63) is 30.0 Å². The first-order valence-corrected chi connectivity index (χ1v) is 6.70. The average molecular weight is 259 g/mol. The van der Waals surface area contributed by atoms with E-state index >= 15 is 0 Å². The molecule has 0 saturated carbocycles. The van der Waals surface area contributed by atoms with Crippen LogP contribution in [0.1, 0.15) is 38.8 Å². The summed E-state index contributed by atoms with van der Waals surface area (Å²) >= 11 is 0. The van der Waals surface area contributed by atoms with Gasteiger partial charge in [-0.15, -0.1) is 0 Å². The molecule has 0 fully saturated rings. The van der Waals surface area contributed by atoms with E-state index in [2.05, 4.69) is 26.2 Å². The SMILES string of the molecule is CCCOc1cccc2c(NN)cc(C(C)C)nc12. The van der Waals surface area contributed by atoms with E-state index in [0.717, 1.165) is 34.5 Å². The van der Waals surface area contributed by atoms with Crippen LogP contribution in [0, 0.1) is 0 Å². The molecule has 0 aliphatic carbocycles. The van der Waals surface area contributed by atoms with Crippen LogP contribution in [0.25, 0.3) is 10.9 Å². The third-order valence-electron chi connectivity index (χ3n) is 3.03. The fourth-order valence-electron chi connectivity index (χ4n) is 1.99. The smallest absolute Gasteiger partial charge is 0.145 e. The lowest BCUT2D eigenvalue weighted by Gasteiger charge is -2.14. The van der Waals surface area contributed by atoms with Gasteiger partial charge >= 0.3 is 0 Å². The van der Waals surface area contributed by atoms with Crippen LogP contribution in [0.5, 0.6) is 5.75 Å². The Morgan fingerprint density at radius 1 is 1.37 bits per heavy atom. The van der Waals surface area contributed by atoms with Gasteiger partial charge in [-0.2, -0.15) is 0 Å². The molecule has 0 bridgehead atoms. The van der Waals surface area contributed by atoms with E-state index in [0.29, 0.717) is 12.5 Å². The molecule has 2 rings (SSSR count).